The van der Waals surface area contributed by atoms with Crippen molar-refractivity contribution in [3.05, 3.63) is 13.2 Å². The highest BCUT2D eigenvalue weighted by Crippen LogP contribution is 2.02. The standard InChI is InChI=1S/C5H7NO2.C2H4/c7-3-4-1-2-5(8)6-4;1-2/h3-4H,1-2H2,(H,6,8);1-2H2. The predicted molar refractivity (Wildman–Crippen MR) is 38.5 cm³/mol. The molecule has 10 heavy (non-hydrogen) atoms. The summed E-state index contributed by atoms with van der Waals surface area (Å²) < 4.78 is 0. The van der Waals surface area contributed by atoms with Gasteiger partial charge in [0, 0.05) is 6.42 Å². The zero-order valence-corrected chi connectivity index (χ0v) is 5.80. The van der Waals surface area contributed by atoms with Crippen LogP contribution in [0.15, 0.2) is 13.2 Å². The minimum Gasteiger partial charge on any atom is -0.347 e. The summed E-state index contributed by atoms with van der Waals surface area (Å²) in [6.07, 6.45) is 1.94. The van der Waals surface area contributed by atoms with Crippen molar-refractivity contribution < 1.29 is 9.59 Å². The summed E-state index contributed by atoms with van der Waals surface area (Å²) in [5.74, 6) is -0.0119. The Morgan fingerprint density at radius 2 is 2.20 bits per heavy atom. The van der Waals surface area contributed by atoms with Crippen molar-refractivity contribution in [1.82, 2.24) is 5.32 Å². The van der Waals surface area contributed by atoms with Crippen molar-refractivity contribution in [2.24, 2.45) is 0 Å². The van der Waals surface area contributed by atoms with Gasteiger partial charge in [0.25, 0.3) is 0 Å². The lowest BCUT2D eigenvalue weighted by Gasteiger charge is -1.94. The van der Waals surface area contributed by atoms with Crippen molar-refractivity contribution in [1.29, 1.82) is 0 Å². The van der Waals surface area contributed by atoms with Crippen molar-refractivity contribution in [3.63, 3.8) is 0 Å². The van der Waals surface area contributed by atoms with E-state index in [0.717, 1.165) is 6.29 Å². The summed E-state index contributed by atoms with van der Waals surface area (Å²) in [7, 11) is 0. The molecule has 56 valence electrons. The van der Waals surface area contributed by atoms with Crippen LogP contribution in [-0.4, -0.2) is 18.2 Å². The number of rotatable bonds is 1. The molecule has 1 amide bonds. The second kappa shape index (κ2) is 4.73. The van der Waals surface area contributed by atoms with Gasteiger partial charge in [-0.25, -0.2) is 0 Å². The van der Waals surface area contributed by atoms with Gasteiger partial charge in [-0.2, -0.15) is 0 Å². The van der Waals surface area contributed by atoms with E-state index >= 15 is 0 Å². The molecule has 0 aromatic carbocycles. The third kappa shape index (κ3) is 2.44. The zero-order chi connectivity index (χ0) is 7.98. The lowest BCUT2D eigenvalue weighted by atomic mass is 10.2. The largest absolute Gasteiger partial charge is 0.347 e. The molecule has 0 spiro atoms. The maximum Gasteiger partial charge on any atom is 0.220 e. The number of nitrogens with one attached hydrogen (secondary N) is 1. The molecule has 0 aliphatic carbocycles. The molecular formula is C7H11NO2. The Morgan fingerprint density at radius 3 is 2.40 bits per heavy atom. The summed E-state index contributed by atoms with van der Waals surface area (Å²) in [5, 5.41) is 2.50. The van der Waals surface area contributed by atoms with Crippen molar-refractivity contribution in [2.75, 3.05) is 0 Å². The average Bonchev–Trinajstić information content (AvgIpc) is 2.40. The Labute approximate surface area is 60.1 Å². The molecule has 1 rings (SSSR count). The van der Waals surface area contributed by atoms with Gasteiger partial charge >= 0.3 is 0 Å². The van der Waals surface area contributed by atoms with Gasteiger partial charge in [0.2, 0.25) is 5.91 Å². The molecule has 1 atom stereocenters. The van der Waals surface area contributed by atoms with E-state index in [1.54, 1.807) is 0 Å². The fourth-order valence-electron chi connectivity index (χ4n) is 0.740. The van der Waals surface area contributed by atoms with Gasteiger partial charge in [0.05, 0.1) is 6.04 Å². The summed E-state index contributed by atoms with van der Waals surface area (Å²) in [6.45, 7) is 6.00. The van der Waals surface area contributed by atoms with Crippen LogP contribution < -0.4 is 5.32 Å². The van der Waals surface area contributed by atoms with Crippen LogP contribution in [0.3, 0.4) is 0 Å². The van der Waals surface area contributed by atoms with Crippen LogP contribution in [0.1, 0.15) is 12.8 Å². The van der Waals surface area contributed by atoms with E-state index in [1.807, 2.05) is 0 Å². The van der Waals surface area contributed by atoms with Crippen LogP contribution in [0.2, 0.25) is 0 Å². The van der Waals surface area contributed by atoms with Gasteiger partial charge < -0.3 is 10.1 Å². The number of carbonyl (C=O) groups is 2. The van der Waals surface area contributed by atoms with Gasteiger partial charge in [0.15, 0.2) is 0 Å². The Kier molecular flexibility index (Phi) is 4.20. The minimum absolute atomic E-state index is 0.0119. The first kappa shape index (κ1) is 8.88. The Bertz CT molecular complexity index is 134. The van der Waals surface area contributed by atoms with E-state index in [2.05, 4.69) is 18.5 Å². The van der Waals surface area contributed by atoms with E-state index in [1.165, 1.54) is 0 Å². The molecule has 0 saturated carbocycles. The van der Waals surface area contributed by atoms with Gasteiger partial charge in [-0.1, -0.05) is 0 Å². The van der Waals surface area contributed by atoms with Crippen LogP contribution in [0.5, 0.6) is 0 Å². The minimum atomic E-state index is -0.206. The van der Waals surface area contributed by atoms with Crippen molar-refractivity contribution in [3.8, 4) is 0 Å². The highest BCUT2D eigenvalue weighted by molar-refractivity contribution is 5.83. The molecule has 1 saturated heterocycles. The molecule has 0 radical (unpaired) electrons. The Balaban J connectivity index is 0.000000371. The molecule has 0 aromatic rings. The molecule has 1 aliphatic rings. The lowest BCUT2D eigenvalue weighted by Crippen LogP contribution is -2.25. The zero-order valence-electron chi connectivity index (χ0n) is 5.80. The average molecular weight is 141 g/mol. The van der Waals surface area contributed by atoms with E-state index in [-0.39, 0.29) is 11.9 Å². The van der Waals surface area contributed by atoms with Crippen LogP contribution in [0, 0.1) is 0 Å². The molecule has 0 bridgehead atoms. The second-order valence-corrected chi connectivity index (χ2v) is 1.85. The Morgan fingerprint density at radius 1 is 1.60 bits per heavy atom. The number of hydrogen-bond donors (Lipinski definition) is 1. The Hall–Kier alpha value is -1.12. The first-order valence-corrected chi connectivity index (χ1v) is 3.07. The molecule has 0 aromatic heterocycles. The highest BCUT2D eigenvalue weighted by Gasteiger charge is 2.18. The van der Waals surface area contributed by atoms with E-state index in [0.29, 0.717) is 12.8 Å². The quantitative estimate of drug-likeness (QED) is 0.420. The lowest BCUT2D eigenvalue weighted by molar-refractivity contribution is -0.120. The summed E-state index contributed by atoms with van der Waals surface area (Å²) in [5.41, 5.74) is 0. The summed E-state index contributed by atoms with van der Waals surface area (Å²) >= 11 is 0. The van der Waals surface area contributed by atoms with E-state index in [4.69, 9.17) is 0 Å². The van der Waals surface area contributed by atoms with Gasteiger partial charge in [-0.15, -0.1) is 13.2 Å². The van der Waals surface area contributed by atoms with Gasteiger partial charge in [0.1, 0.15) is 6.29 Å². The van der Waals surface area contributed by atoms with E-state index in [9.17, 15) is 9.59 Å². The predicted octanol–water partition coefficient (Wildman–Crippen LogP) is 0.266. The molecule has 1 heterocycles. The topological polar surface area (TPSA) is 46.2 Å². The van der Waals surface area contributed by atoms with Crippen molar-refractivity contribution in [2.45, 2.75) is 18.9 Å². The molecule has 1 N–H and O–H groups in total. The fraction of sp³-hybridized carbons (Fsp3) is 0.429. The normalized spacial score (nSPS) is 22.4. The molecule has 1 unspecified atom stereocenters. The first-order chi connectivity index (χ1) is 4.83. The van der Waals surface area contributed by atoms with Crippen LogP contribution in [0.25, 0.3) is 0 Å². The van der Waals surface area contributed by atoms with E-state index < -0.39 is 0 Å². The fourth-order valence-corrected chi connectivity index (χ4v) is 0.740. The molecule has 3 heteroatoms. The first-order valence-electron chi connectivity index (χ1n) is 3.07. The monoisotopic (exact) mass is 141 g/mol. The number of amides is 1. The van der Waals surface area contributed by atoms with Crippen LogP contribution in [0.4, 0.5) is 0 Å². The third-order valence-electron chi connectivity index (χ3n) is 1.19. The second-order valence-electron chi connectivity index (χ2n) is 1.85. The number of carbonyl (C=O) groups excluding carboxylic acids is 2. The van der Waals surface area contributed by atoms with Crippen LogP contribution >= 0.6 is 0 Å². The van der Waals surface area contributed by atoms with Gasteiger partial charge in [-0.05, 0) is 6.42 Å². The maximum absolute atomic E-state index is 10.3. The molecular weight excluding hydrogens is 130 g/mol. The number of hydrogen-bond acceptors (Lipinski definition) is 2. The summed E-state index contributed by atoms with van der Waals surface area (Å²) in [6, 6.07) is -0.206. The molecule has 1 aliphatic heterocycles. The van der Waals surface area contributed by atoms with Crippen molar-refractivity contribution >= 4 is 12.2 Å². The van der Waals surface area contributed by atoms with Gasteiger partial charge in [-0.3, -0.25) is 4.79 Å². The highest BCUT2D eigenvalue weighted by atomic mass is 16.2. The SMILES string of the molecule is C=C.O=CC1CCC(=O)N1. The molecule has 1 fully saturated rings. The summed E-state index contributed by atoms with van der Waals surface area (Å²) in [4.78, 5) is 20.3. The maximum atomic E-state index is 10.3. The third-order valence-corrected chi connectivity index (χ3v) is 1.19. The smallest absolute Gasteiger partial charge is 0.220 e. The molecule has 3 nitrogen and oxygen atoms in total. The van der Waals surface area contributed by atoms with Crippen LogP contribution in [-0.2, 0) is 9.59 Å². The number of aldehydes is 1.